The van der Waals surface area contributed by atoms with Crippen LogP contribution in [0.3, 0.4) is 0 Å². The van der Waals surface area contributed by atoms with E-state index in [0.717, 1.165) is 36.9 Å². The minimum atomic E-state index is -0.912. The third-order valence-electron chi connectivity index (χ3n) is 4.99. The van der Waals surface area contributed by atoms with Crippen molar-refractivity contribution in [1.82, 2.24) is 10.2 Å². The minimum Gasteiger partial charge on any atom is -0.346 e. The number of aldehydes is 1. The number of hydrogen-bond acceptors (Lipinski definition) is 7. The highest BCUT2D eigenvalue weighted by Gasteiger charge is 2.52. The number of nitrogens with zero attached hydrogens (tertiary/aromatic N) is 2. The summed E-state index contributed by atoms with van der Waals surface area (Å²) in [6, 6.07) is 3.56. The van der Waals surface area contributed by atoms with E-state index in [0.29, 0.717) is 23.2 Å². The van der Waals surface area contributed by atoms with Crippen LogP contribution in [-0.2, 0) is 20.4 Å². The molecule has 2 N–H and O–H groups in total. The van der Waals surface area contributed by atoms with E-state index in [1.807, 2.05) is 0 Å². The van der Waals surface area contributed by atoms with Gasteiger partial charge < -0.3 is 10.1 Å². The molecule has 2 saturated heterocycles. The van der Waals surface area contributed by atoms with Crippen LogP contribution in [0, 0.1) is 0 Å². The number of carbonyl (C=O) groups is 1. The van der Waals surface area contributed by atoms with Crippen LogP contribution in [0.1, 0.15) is 18.4 Å². The SMILES string of the molecule is O=CCNC1(N2CCC3(CCOO3)C2)N=CNc2cc(Cl)c(Cl)cc21. The van der Waals surface area contributed by atoms with Crippen LogP contribution in [0.25, 0.3) is 0 Å². The van der Waals surface area contributed by atoms with Crippen LogP contribution in [0.15, 0.2) is 17.1 Å². The van der Waals surface area contributed by atoms with Crippen molar-refractivity contribution in [3.63, 3.8) is 0 Å². The number of anilines is 1. The van der Waals surface area contributed by atoms with Crippen LogP contribution in [0.5, 0.6) is 0 Å². The predicted octanol–water partition coefficient (Wildman–Crippen LogP) is 2.14. The fraction of sp³-hybridized carbons (Fsp3) is 0.500. The third-order valence-corrected chi connectivity index (χ3v) is 5.71. The second-order valence-electron chi connectivity index (χ2n) is 6.44. The largest absolute Gasteiger partial charge is 0.346 e. The Morgan fingerprint density at radius 2 is 2.20 bits per heavy atom. The maximum absolute atomic E-state index is 11.0. The van der Waals surface area contributed by atoms with Crippen molar-refractivity contribution in [2.24, 2.45) is 4.99 Å². The average Bonchev–Trinajstić information content (AvgIpc) is 3.25. The summed E-state index contributed by atoms with van der Waals surface area (Å²) in [6.45, 7) is 2.12. The number of nitrogens with one attached hydrogen (secondary N) is 2. The van der Waals surface area contributed by atoms with Crippen molar-refractivity contribution < 1.29 is 14.6 Å². The Morgan fingerprint density at radius 3 is 2.96 bits per heavy atom. The van der Waals surface area contributed by atoms with Crippen molar-refractivity contribution in [2.45, 2.75) is 24.2 Å². The summed E-state index contributed by atoms with van der Waals surface area (Å²) < 4.78 is 0. The van der Waals surface area contributed by atoms with E-state index in [1.54, 1.807) is 18.5 Å². The Kier molecular flexibility index (Phi) is 4.47. The molecule has 0 aromatic heterocycles. The Morgan fingerprint density at radius 1 is 1.36 bits per heavy atom. The summed E-state index contributed by atoms with van der Waals surface area (Å²) in [4.78, 5) is 28.6. The first-order chi connectivity index (χ1) is 12.1. The molecule has 7 nitrogen and oxygen atoms in total. The van der Waals surface area contributed by atoms with Gasteiger partial charge in [0, 0.05) is 30.8 Å². The normalized spacial score (nSPS) is 31.3. The summed E-state index contributed by atoms with van der Waals surface area (Å²) in [5, 5.41) is 7.25. The van der Waals surface area contributed by atoms with Crippen LogP contribution >= 0.6 is 23.2 Å². The zero-order valence-electron chi connectivity index (χ0n) is 13.4. The topological polar surface area (TPSA) is 75.2 Å². The molecule has 0 bridgehead atoms. The van der Waals surface area contributed by atoms with Gasteiger partial charge in [-0.1, -0.05) is 23.2 Å². The van der Waals surface area contributed by atoms with Crippen molar-refractivity contribution in [3.8, 4) is 0 Å². The van der Waals surface area contributed by atoms with Gasteiger partial charge in [-0.05, 0) is 18.6 Å². The summed E-state index contributed by atoms with van der Waals surface area (Å²) in [6.07, 6.45) is 4.10. The van der Waals surface area contributed by atoms with E-state index >= 15 is 0 Å². The monoisotopic (exact) mass is 384 g/mol. The van der Waals surface area contributed by atoms with E-state index in [-0.39, 0.29) is 12.1 Å². The maximum atomic E-state index is 11.0. The summed E-state index contributed by atoms with van der Waals surface area (Å²) in [5.74, 6) is -0.912. The van der Waals surface area contributed by atoms with Gasteiger partial charge in [-0.2, -0.15) is 0 Å². The van der Waals surface area contributed by atoms with Gasteiger partial charge in [0.1, 0.15) is 11.9 Å². The van der Waals surface area contributed by atoms with Crippen LogP contribution in [0.4, 0.5) is 5.69 Å². The summed E-state index contributed by atoms with van der Waals surface area (Å²) in [7, 11) is 0. The number of carbonyl (C=O) groups excluding carboxylic acids is 1. The Balaban J connectivity index is 1.76. The standard InChI is InChI=1S/C16H18Cl2N4O3/c17-12-7-11-14(8-13(12)18)19-10-21-16(11,20-3-5-23)22-4-1-15(9-22)2-6-24-25-15/h5,7-8,10,20H,1-4,6,9H2,(H,19,21). The van der Waals surface area contributed by atoms with E-state index < -0.39 is 5.79 Å². The highest BCUT2D eigenvalue weighted by atomic mass is 35.5. The fourth-order valence-corrected chi connectivity index (χ4v) is 4.06. The molecule has 0 saturated carbocycles. The Labute approximate surface area is 155 Å². The second-order valence-corrected chi connectivity index (χ2v) is 7.26. The lowest BCUT2D eigenvalue weighted by molar-refractivity contribution is -0.305. The van der Waals surface area contributed by atoms with Crippen molar-refractivity contribution in [2.75, 3.05) is 31.6 Å². The minimum absolute atomic E-state index is 0.151. The summed E-state index contributed by atoms with van der Waals surface area (Å²) in [5.41, 5.74) is 1.29. The molecule has 1 aromatic carbocycles. The number of rotatable bonds is 4. The van der Waals surface area contributed by atoms with E-state index in [9.17, 15) is 4.79 Å². The van der Waals surface area contributed by atoms with E-state index in [4.69, 9.17) is 33.0 Å². The number of halogens is 2. The van der Waals surface area contributed by atoms with Crippen LogP contribution in [0.2, 0.25) is 10.0 Å². The zero-order valence-corrected chi connectivity index (χ0v) is 14.9. The van der Waals surface area contributed by atoms with Crippen molar-refractivity contribution in [3.05, 3.63) is 27.7 Å². The number of hydrogen-bond donors (Lipinski definition) is 2. The molecule has 2 atom stereocenters. The lowest BCUT2D eigenvalue weighted by Gasteiger charge is -2.42. The van der Waals surface area contributed by atoms with E-state index in [1.165, 1.54) is 0 Å². The molecule has 0 amide bonds. The maximum Gasteiger partial charge on any atom is 0.198 e. The Hall–Kier alpha value is -1.22. The lowest BCUT2D eigenvalue weighted by Crippen LogP contribution is -2.57. The highest BCUT2D eigenvalue weighted by Crippen LogP contribution is 2.44. The molecule has 3 aliphatic heterocycles. The van der Waals surface area contributed by atoms with Crippen molar-refractivity contribution in [1.29, 1.82) is 0 Å². The van der Waals surface area contributed by atoms with Crippen LogP contribution < -0.4 is 10.6 Å². The van der Waals surface area contributed by atoms with Gasteiger partial charge in [0.05, 0.1) is 29.5 Å². The third kappa shape index (κ3) is 2.85. The molecule has 25 heavy (non-hydrogen) atoms. The lowest BCUT2D eigenvalue weighted by atomic mass is 9.99. The molecule has 0 radical (unpaired) electrons. The Bertz CT molecular complexity index is 724. The molecule has 2 fully saturated rings. The molecule has 1 aromatic rings. The predicted molar refractivity (Wildman–Crippen MR) is 94.9 cm³/mol. The van der Waals surface area contributed by atoms with E-state index in [2.05, 4.69) is 20.5 Å². The molecule has 1 spiro atoms. The van der Waals surface area contributed by atoms with Crippen LogP contribution in [-0.4, -0.2) is 49.4 Å². The first kappa shape index (κ1) is 17.2. The van der Waals surface area contributed by atoms with Gasteiger partial charge in [-0.3, -0.25) is 10.2 Å². The molecular formula is C16H18Cl2N4O3. The number of fused-ring (bicyclic) bond motifs is 1. The highest BCUT2D eigenvalue weighted by molar-refractivity contribution is 6.42. The molecular weight excluding hydrogens is 367 g/mol. The van der Waals surface area contributed by atoms with Gasteiger partial charge in [-0.15, -0.1) is 0 Å². The first-order valence-electron chi connectivity index (χ1n) is 8.13. The molecule has 3 aliphatic rings. The fourth-order valence-electron chi connectivity index (χ4n) is 3.74. The second kappa shape index (κ2) is 6.50. The number of aliphatic imine (C=N–C) groups is 1. The number of benzene rings is 1. The van der Waals surface area contributed by atoms with Gasteiger partial charge in [-0.25, -0.2) is 14.8 Å². The van der Waals surface area contributed by atoms with Gasteiger partial charge in [0.15, 0.2) is 5.79 Å². The van der Waals surface area contributed by atoms with Crippen molar-refractivity contribution >= 4 is 41.5 Å². The first-order valence-corrected chi connectivity index (χ1v) is 8.88. The molecule has 134 valence electrons. The molecule has 0 aliphatic carbocycles. The van der Waals surface area contributed by atoms with Gasteiger partial charge in [0.2, 0.25) is 0 Å². The van der Waals surface area contributed by atoms with Gasteiger partial charge in [0.25, 0.3) is 0 Å². The molecule has 2 unspecified atom stereocenters. The zero-order chi connectivity index (χ0) is 17.5. The molecule has 4 rings (SSSR count). The summed E-state index contributed by atoms with van der Waals surface area (Å²) >= 11 is 12.4. The molecule has 9 heteroatoms. The molecule has 3 heterocycles. The smallest absolute Gasteiger partial charge is 0.198 e. The van der Waals surface area contributed by atoms with Gasteiger partial charge >= 0.3 is 0 Å². The average molecular weight is 385 g/mol. The number of likely N-dealkylation sites (tertiary alicyclic amines) is 1. The quantitative estimate of drug-likeness (QED) is 0.611.